The molecular formula is C17H21ClFIN4. The van der Waals surface area contributed by atoms with Gasteiger partial charge in [-0.25, -0.2) is 9.37 Å². The molecule has 4 nitrogen and oxygen atoms in total. The fraction of sp³-hybridized carbons (Fsp3) is 0.294. The molecule has 0 bridgehead atoms. The van der Waals surface area contributed by atoms with Crippen LogP contribution in [0.15, 0.2) is 47.6 Å². The minimum atomic E-state index is -0.212. The second-order valence-electron chi connectivity index (χ2n) is 5.04. The zero-order valence-electron chi connectivity index (χ0n) is 13.4. The van der Waals surface area contributed by atoms with Crippen molar-refractivity contribution in [2.45, 2.75) is 12.8 Å². The molecule has 130 valence electrons. The van der Waals surface area contributed by atoms with Crippen LogP contribution in [0.1, 0.15) is 11.1 Å². The Morgan fingerprint density at radius 3 is 2.17 bits per heavy atom. The summed E-state index contributed by atoms with van der Waals surface area (Å²) in [5.74, 6) is 0.532. The average molecular weight is 463 g/mol. The maximum Gasteiger partial charge on any atom is 0.190 e. The van der Waals surface area contributed by atoms with E-state index in [1.165, 1.54) is 12.1 Å². The summed E-state index contributed by atoms with van der Waals surface area (Å²) in [5.41, 5.74) is 2.20. The van der Waals surface area contributed by atoms with Crippen LogP contribution in [-0.4, -0.2) is 31.1 Å². The number of aromatic nitrogens is 1. The van der Waals surface area contributed by atoms with E-state index in [0.717, 1.165) is 43.0 Å². The summed E-state index contributed by atoms with van der Waals surface area (Å²) in [5, 5.41) is 6.98. The Balaban J connectivity index is 0.00000288. The van der Waals surface area contributed by atoms with E-state index in [2.05, 4.69) is 20.6 Å². The zero-order valence-corrected chi connectivity index (χ0v) is 16.5. The summed E-state index contributed by atoms with van der Waals surface area (Å²) in [7, 11) is 1.73. The maximum absolute atomic E-state index is 12.8. The number of nitrogens with one attached hydrogen (secondary N) is 2. The standard InChI is InChI=1S/C17H20ClFN4.HI/c1-20-17(21-10-8-13-2-5-15(19)6-3-13)22-11-9-14-4-7-16(18)23-12-14;/h2-7,12H,8-11H2,1H3,(H2,20,21,22);1H. The van der Waals surface area contributed by atoms with E-state index >= 15 is 0 Å². The van der Waals surface area contributed by atoms with Gasteiger partial charge in [0.25, 0.3) is 0 Å². The molecule has 1 heterocycles. The maximum atomic E-state index is 12.8. The lowest BCUT2D eigenvalue weighted by molar-refractivity contribution is 0.626. The first kappa shape index (κ1) is 20.6. The smallest absolute Gasteiger partial charge is 0.190 e. The molecule has 0 aliphatic heterocycles. The minimum absolute atomic E-state index is 0. The van der Waals surface area contributed by atoms with Crippen molar-refractivity contribution in [2.24, 2.45) is 4.99 Å². The number of nitrogens with zero attached hydrogens (tertiary/aromatic N) is 2. The lowest BCUT2D eigenvalue weighted by Gasteiger charge is -2.12. The summed E-state index contributed by atoms with van der Waals surface area (Å²) in [6.07, 6.45) is 3.42. The molecule has 1 aromatic heterocycles. The van der Waals surface area contributed by atoms with Gasteiger partial charge in [-0.05, 0) is 42.2 Å². The van der Waals surface area contributed by atoms with Gasteiger partial charge in [-0.3, -0.25) is 4.99 Å². The number of hydrogen-bond donors (Lipinski definition) is 2. The Hall–Kier alpha value is -1.41. The molecule has 7 heteroatoms. The number of guanidine groups is 1. The van der Waals surface area contributed by atoms with Crippen LogP contribution >= 0.6 is 35.6 Å². The van der Waals surface area contributed by atoms with Crippen LogP contribution in [0.25, 0.3) is 0 Å². The van der Waals surface area contributed by atoms with Crippen molar-refractivity contribution >= 4 is 41.5 Å². The molecule has 0 fully saturated rings. The van der Waals surface area contributed by atoms with Crippen LogP contribution < -0.4 is 10.6 Å². The van der Waals surface area contributed by atoms with Gasteiger partial charge in [-0.2, -0.15) is 0 Å². The van der Waals surface area contributed by atoms with E-state index in [0.29, 0.717) is 5.15 Å². The van der Waals surface area contributed by atoms with Crippen molar-refractivity contribution in [1.29, 1.82) is 0 Å². The summed E-state index contributed by atoms with van der Waals surface area (Å²) in [6, 6.07) is 10.3. The molecule has 2 rings (SSSR count). The highest BCUT2D eigenvalue weighted by molar-refractivity contribution is 14.0. The third-order valence-electron chi connectivity index (χ3n) is 3.34. The molecule has 0 atom stereocenters. The Morgan fingerprint density at radius 2 is 1.62 bits per heavy atom. The molecule has 2 N–H and O–H groups in total. The number of benzene rings is 1. The SMILES string of the molecule is CN=C(NCCc1ccc(F)cc1)NCCc1ccc(Cl)nc1.I. The van der Waals surface area contributed by atoms with E-state index < -0.39 is 0 Å². The van der Waals surface area contributed by atoms with Gasteiger partial charge in [0.05, 0.1) is 0 Å². The largest absolute Gasteiger partial charge is 0.356 e. The topological polar surface area (TPSA) is 49.3 Å². The van der Waals surface area contributed by atoms with Crippen LogP contribution in [0.2, 0.25) is 5.15 Å². The van der Waals surface area contributed by atoms with E-state index in [1.807, 2.05) is 6.07 Å². The van der Waals surface area contributed by atoms with E-state index in [1.54, 1.807) is 31.4 Å². The zero-order chi connectivity index (χ0) is 16.5. The Bertz CT molecular complexity index is 579. The van der Waals surface area contributed by atoms with Crippen molar-refractivity contribution in [3.8, 4) is 0 Å². The number of halogens is 3. The van der Waals surface area contributed by atoms with Crippen LogP contribution in [0, 0.1) is 5.82 Å². The molecule has 0 amide bonds. The monoisotopic (exact) mass is 462 g/mol. The molecule has 2 aromatic rings. The highest BCUT2D eigenvalue weighted by atomic mass is 127. The van der Waals surface area contributed by atoms with Gasteiger partial charge in [0.2, 0.25) is 0 Å². The molecule has 0 aliphatic rings. The molecule has 0 saturated heterocycles. The lowest BCUT2D eigenvalue weighted by atomic mass is 10.1. The number of aliphatic imine (C=N–C) groups is 1. The molecule has 24 heavy (non-hydrogen) atoms. The Labute approximate surface area is 164 Å². The van der Waals surface area contributed by atoms with E-state index in [9.17, 15) is 4.39 Å². The highest BCUT2D eigenvalue weighted by Gasteiger charge is 1.99. The lowest BCUT2D eigenvalue weighted by Crippen LogP contribution is -2.39. The van der Waals surface area contributed by atoms with Crippen molar-refractivity contribution in [2.75, 3.05) is 20.1 Å². The third-order valence-corrected chi connectivity index (χ3v) is 3.56. The van der Waals surface area contributed by atoms with Gasteiger partial charge in [0.15, 0.2) is 5.96 Å². The van der Waals surface area contributed by atoms with Crippen LogP contribution in [0.3, 0.4) is 0 Å². The van der Waals surface area contributed by atoms with Crippen molar-refractivity contribution in [3.63, 3.8) is 0 Å². The quantitative estimate of drug-likeness (QED) is 0.299. The normalized spacial score (nSPS) is 10.9. The predicted molar refractivity (Wildman–Crippen MR) is 108 cm³/mol. The highest BCUT2D eigenvalue weighted by Crippen LogP contribution is 2.05. The van der Waals surface area contributed by atoms with Crippen LogP contribution in [-0.2, 0) is 12.8 Å². The van der Waals surface area contributed by atoms with Crippen LogP contribution in [0.4, 0.5) is 4.39 Å². The van der Waals surface area contributed by atoms with Gasteiger partial charge in [0.1, 0.15) is 11.0 Å². The fourth-order valence-corrected chi connectivity index (χ4v) is 2.19. The number of pyridine rings is 1. The van der Waals surface area contributed by atoms with Crippen LogP contribution in [0.5, 0.6) is 0 Å². The fourth-order valence-electron chi connectivity index (χ4n) is 2.08. The first-order valence-corrected chi connectivity index (χ1v) is 7.84. The molecule has 0 radical (unpaired) electrons. The second-order valence-corrected chi connectivity index (χ2v) is 5.43. The second kappa shape index (κ2) is 11.2. The molecule has 0 spiro atoms. The average Bonchev–Trinajstić information content (AvgIpc) is 2.57. The summed E-state index contributed by atoms with van der Waals surface area (Å²) in [6.45, 7) is 1.48. The van der Waals surface area contributed by atoms with Crippen molar-refractivity contribution in [3.05, 3.63) is 64.7 Å². The van der Waals surface area contributed by atoms with Crippen molar-refractivity contribution in [1.82, 2.24) is 15.6 Å². The molecule has 1 aromatic carbocycles. The molecule has 0 aliphatic carbocycles. The molecule has 0 saturated carbocycles. The summed E-state index contributed by atoms with van der Waals surface area (Å²) < 4.78 is 12.8. The van der Waals surface area contributed by atoms with E-state index in [4.69, 9.17) is 11.6 Å². The first-order valence-electron chi connectivity index (χ1n) is 7.47. The third kappa shape index (κ3) is 7.44. The van der Waals surface area contributed by atoms with Gasteiger partial charge in [-0.15, -0.1) is 24.0 Å². The van der Waals surface area contributed by atoms with Gasteiger partial charge < -0.3 is 10.6 Å². The van der Waals surface area contributed by atoms with Crippen molar-refractivity contribution < 1.29 is 4.39 Å². The van der Waals surface area contributed by atoms with Gasteiger partial charge >= 0.3 is 0 Å². The minimum Gasteiger partial charge on any atom is -0.356 e. The number of rotatable bonds is 6. The predicted octanol–water partition coefficient (Wildman–Crippen LogP) is 3.44. The molecule has 0 unspecified atom stereocenters. The summed E-state index contributed by atoms with van der Waals surface area (Å²) in [4.78, 5) is 8.23. The Morgan fingerprint density at radius 1 is 1.04 bits per heavy atom. The van der Waals surface area contributed by atoms with Gasteiger partial charge in [-0.1, -0.05) is 29.8 Å². The molecular weight excluding hydrogens is 442 g/mol. The first-order chi connectivity index (χ1) is 11.2. The summed E-state index contributed by atoms with van der Waals surface area (Å²) >= 11 is 5.76. The van der Waals surface area contributed by atoms with Gasteiger partial charge in [0, 0.05) is 26.3 Å². The number of hydrogen-bond acceptors (Lipinski definition) is 2. The Kier molecular flexibility index (Phi) is 9.63. The van der Waals surface area contributed by atoms with E-state index in [-0.39, 0.29) is 29.8 Å².